The van der Waals surface area contributed by atoms with Crippen LogP contribution in [-0.4, -0.2) is 13.1 Å². The second kappa shape index (κ2) is 25.6. The van der Waals surface area contributed by atoms with Crippen LogP contribution in [-0.2, 0) is 0 Å². The zero-order valence-corrected chi connectivity index (χ0v) is 23.4. The lowest BCUT2D eigenvalue weighted by molar-refractivity contribution is 0.356. The van der Waals surface area contributed by atoms with Crippen molar-refractivity contribution in [2.45, 2.75) is 182 Å². The van der Waals surface area contributed by atoms with E-state index < -0.39 is 0 Å². The van der Waals surface area contributed by atoms with Gasteiger partial charge in [0.15, 0.2) is 0 Å². The molecule has 0 saturated carbocycles. The molecule has 0 aromatic heterocycles. The predicted octanol–water partition coefficient (Wildman–Crippen LogP) is 11.0. The van der Waals surface area contributed by atoms with Crippen molar-refractivity contribution in [3.05, 3.63) is 0 Å². The molecule has 0 aliphatic carbocycles. The number of hydrogen-bond acceptors (Lipinski definition) is 1. The van der Waals surface area contributed by atoms with Gasteiger partial charge in [-0.1, -0.05) is 163 Å². The van der Waals surface area contributed by atoms with Gasteiger partial charge in [-0.3, -0.25) is 0 Å². The molecule has 0 bridgehead atoms. The lowest BCUT2D eigenvalue weighted by Gasteiger charge is -2.17. The Hall–Kier alpha value is -0.0400. The van der Waals surface area contributed by atoms with Crippen molar-refractivity contribution in [1.82, 2.24) is 5.32 Å². The molecule has 0 rings (SSSR count). The quantitative estimate of drug-likeness (QED) is 0.129. The van der Waals surface area contributed by atoms with Gasteiger partial charge in [0, 0.05) is 0 Å². The Morgan fingerprint density at radius 3 is 0.969 bits per heavy atom. The molecule has 1 nitrogen and oxygen atoms in total. The average molecular weight is 452 g/mol. The molecule has 0 radical (unpaired) electrons. The Balaban J connectivity index is 3.02. The Morgan fingerprint density at radius 2 is 0.656 bits per heavy atom. The molecule has 0 spiro atoms. The van der Waals surface area contributed by atoms with Crippen molar-refractivity contribution in [3.63, 3.8) is 0 Å². The van der Waals surface area contributed by atoms with E-state index >= 15 is 0 Å². The van der Waals surface area contributed by atoms with Gasteiger partial charge in [0.25, 0.3) is 0 Å². The van der Waals surface area contributed by atoms with E-state index in [0.717, 1.165) is 0 Å². The maximum Gasteiger partial charge on any atom is -0.00489 e. The molecule has 0 aromatic rings. The topological polar surface area (TPSA) is 12.0 Å². The van der Waals surface area contributed by atoms with Crippen molar-refractivity contribution in [2.24, 2.45) is 5.41 Å². The number of nitrogens with one attached hydrogen (secondary N) is 1. The molecular formula is C31H65N. The van der Waals surface area contributed by atoms with Crippen LogP contribution < -0.4 is 5.32 Å². The number of rotatable bonds is 26. The summed E-state index contributed by atoms with van der Waals surface area (Å²) in [5.74, 6) is 0. The fourth-order valence-corrected chi connectivity index (χ4v) is 4.71. The molecule has 0 saturated heterocycles. The van der Waals surface area contributed by atoms with Crippen molar-refractivity contribution >= 4 is 0 Å². The zero-order chi connectivity index (χ0) is 23.6. The standard InChI is InChI=1S/C31H65N/c1-5-6-7-8-9-10-17-20-23-26-29-32-30-27-24-21-18-15-13-11-12-14-16-19-22-25-28-31(2,3)4/h32H,5-30H2,1-4H3. The minimum Gasteiger partial charge on any atom is -0.317 e. The van der Waals surface area contributed by atoms with Crippen molar-refractivity contribution in [3.8, 4) is 0 Å². The molecule has 0 amide bonds. The van der Waals surface area contributed by atoms with E-state index in [1.54, 1.807) is 0 Å². The first-order valence-corrected chi connectivity index (χ1v) is 15.3. The lowest BCUT2D eigenvalue weighted by atomic mass is 9.89. The van der Waals surface area contributed by atoms with Gasteiger partial charge in [-0.05, 0) is 37.8 Å². The van der Waals surface area contributed by atoms with Gasteiger partial charge in [0.05, 0.1) is 0 Å². The first kappa shape index (κ1) is 32.0. The van der Waals surface area contributed by atoms with Crippen molar-refractivity contribution in [2.75, 3.05) is 13.1 Å². The van der Waals surface area contributed by atoms with E-state index in [2.05, 4.69) is 33.0 Å². The van der Waals surface area contributed by atoms with Crippen molar-refractivity contribution in [1.29, 1.82) is 0 Å². The summed E-state index contributed by atoms with van der Waals surface area (Å²) < 4.78 is 0. The monoisotopic (exact) mass is 452 g/mol. The van der Waals surface area contributed by atoms with E-state index in [0.29, 0.717) is 5.41 Å². The second-order valence-corrected chi connectivity index (χ2v) is 11.8. The van der Waals surface area contributed by atoms with E-state index in [9.17, 15) is 0 Å². The summed E-state index contributed by atoms with van der Waals surface area (Å²) >= 11 is 0. The van der Waals surface area contributed by atoms with Crippen LogP contribution in [0.1, 0.15) is 182 Å². The van der Waals surface area contributed by atoms with Gasteiger partial charge in [-0.2, -0.15) is 0 Å². The van der Waals surface area contributed by atoms with Gasteiger partial charge in [-0.15, -0.1) is 0 Å². The molecule has 32 heavy (non-hydrogen) atoms. The summed E-state index contributed by atoms with van der Waals surface area (Å²) in [5, 5.41) is 3.66. The van der Waals surface area contributed by atoms with Crippen LogP contribution in [0, 0.1) is 5.41 Å². The Kier molecular flexibility index (Phi) is 25.5. The van der Waals surface area contributed by atoms with Gasteiger partial charge in [0.1, 0.15) is 0 Å². The van der Waals surface area contributed by atoms with Crippen LogP contribution in [0.4, 0.5) is 0 Å². The summed E-state index contributed by atoms with van der Waals surface area (Å²) in [5.41, 5.74) is 0.531. The molecule has 0 aliphatic rings. The van der Waals surface area contributed by atoms with Crippen LogP contribution in [0.5, 0.6) is 0 Å². The summed E-state index contributed by atoms with van der Waals surface area (Å²) in [4.78, 5) is 0. The number of unbranched alkanes of at least 4 members (excludes halogenated alkanes) is 21. The SMILES string of the molecule is CCCCCCCCCCCCNCCCCCCCCCCCCCCCC(C)(C)C. The highest BCUT2D eigenvalue weighted by molar-refractivity contribution is 4.61. The molecule has 1 N–H and O–H groups in total. The van der Waals surface area contributed by atoms with Crippen LogP contribution in [0.3, 0.4) is 0 Å². The molecular weight excluding hydrogens is 386 g/mol. The smallest absolute Gasteiger partial charge is 0.00489 e. The maximum absolute atomic E-state index is 3.66. The van der Waals surface area contributed by atoms with Gasteiger partial charge in [-0.25, -0.2) is 0 Å². The first-order valence-electron chi connectivity index (χ1n) is 15.3. The van der Waals surface area contributed by atoms with E-state index in [4.69, 9.17) is 0 Å². The van der Waals surface area contributed by atoms with Crippen LogP contribution in [0.2, 0.25) is 0 Å². The van der Waals surface area contributed by atoms with Crippen LogP contribution >= 0.6 is 0 Å². The third-order valence-corrected chi connectivity index (χ3v) is 6.99. The molecule has 0 fully saturated rings. The van der Waals surface area contributed by atoms with Crippen molar-refractivity contribution < 1.29 is 0 Å². The minimum atomic E-state index is 0.531. The molecule has 194 valence electrons. The Bertz CT molecular complexity index is 330. The summed E-state index contributed by atoms with van der Waals surface area (Å²) in [7, 11) is 0. The minimum absolute atomic E-state index is 0.531. The van der Waals surface area contributed by atoms with Gasteiger partial charge >= 0.3 is 0 Å². The third-order valence-electron chi connectivity index (χ3n) is 6.99. The van der Waals surface area contributed by atoms with Crippen LogP contribution in [0.15, 0.2) is 0 Å². The van der Waals surface area contributed by atoms with Crippen LogP contribution in [0.25, 0.3) is 0 Å². The van der Waals surface area contributed by atoms with E-state index in [1.807, 2.05) is 0 Å². The Morgan fingerprint density at radius 1 is 0.375 bits per heavy atom. The van der Waals surface area contributed by atoms with E-state index in [-0.39, 0.29) is 0 Å². The summed E-state index contributed by atoms with van der Waals surface area (Å²) in [6, 6.07) is 0. The molecule has 0 unspecified atom stereocenters. The normalized spacial score (nSPS) is 12.0. The van der Waals surface area contributed by atoms with Gasteiger partial charge in [0.2, 0.25) is 0 Å². The maximum atomic E-state index is 3.66. The number of hydrogen-bond donors (Lipinski definition) is 1. The largest absolute Gasteiger partial charge is 0.317 e. The molecule has 1 heteroatoms. The highest BCUT2D eigenvalue weighted by Crippen LogP contribution is 2.22. The fourth-order valence-electron chi connectivity index (χ4n) is 4.71. The fraction of sp³-hybridized carbons (Fsp3) is 1.00. The summed E-state index contributed by atoms with van der Waals surface area (Å²) in [6.45, 7) is 11.9. The molecule has 0 aromatic carbocycles. The predicted molar refractivity (Wildman–Crippen MR) is 149 cm³/mol. The Labute approximate surface area is 205 Å². The average Bonchev–Trinajstić information content (AvgIpc) is 2.75. The van der Waals surface area contributed by atoms with Gasteiger partial charge < -0.3 is 5.32 Å². The van der Waals surface area contributed by atoms with E-state index in [1.165, 1.54) is 167 Å². The summed E-state index contributed by atoms with van der Waals surface area (Å²) in [6.07, 6.45) is 34.7. The highest BCUT2D eigenvalue weighted by atomic mass is 14.8. The molecule has 0 atom stereocenters. The zero-order valence-electron chi connectivity index (χ0n) is 23.4. The molecule has 0 aliphatic heterocycles. The molecule has 0 heterocycles. The lowest BCUT2D eigenvalue weighted by Crippen LogP contribution is -2.16. The highest BCUT2D eigenvalue weighted by Gasteiger charge is 2.08. The second-order valence-electron chi connectivity index (χ2n) is 11.8. The third kappa shape index (κ3) is 30.0. The first-order chi connectivity index (χ1) is 15.6.